The molecule has 5 heteroatoms. The minimum atomic E-state index is -0.762. The largest absolute Gasteiger partial charge is 0.368 e. The van der Waals surface area contributed by atoms with E-state index >= 15 is 0 Å². The summed E-state index contributed by atoms with van der Waals surface area (Å²) in [5.41, 5.74) is 11.0. The predicted molar refractivity (Wildman–Crippen MR) is 65.1 cm³/mol. The molecule has 1 aromatic carbocycles. The molecule has 92 valence electrons. The minimum absolute atomic E-state index is 0.411. The zero-order chi connectivity index (χ0) is 13.1. The molecule has 0 unspecified atom stereocenters. The molecule has 0 aliphatic heterocycles. The maximum Gasteiger partial charge on any atom is 0.248 e. The number of carbonyl (C=O) groups is 2. The highest BCUT2D eigenvalue weighted by atomic mass is 16.1. The van der Waals surface area contributed by atoms with Gasteiger partial charge in [0.25, 0.3) is 0 Å². The first-order valence-corrected chi connectivity index (χ1v) is 5.26. The summed E-state index contributed by atoms with van der Waals surface area (Å²) in [7, 11) is 0. The third-order valence-corrected chi connectivity index (χ3v) is 2.59. The van der Waals surface area contributed by atoms with Gasteiger partial charge in [0, 0.05) is 12.1 Å². The topological polar surface area (TPSA) is 98.2 Å². The Kier molecular flexibility index (Phi) is 3.85. The molecule has 0 aliphatic rings. The molecular weight excluding hydrogens is 218 g/mol. The summed E-state index contributed by atoms with van der Waals surface area (Å²) in [6.07, 6.45) is 0. The van der Waals surface area contributed by atoms with Gasteiger partial charge in [0.05, 0.1) is 5.54 Å². The highest BCUT2D eigenvalue weighted by Crippen LogP contribution is 2.07. The highest BCUT2D eigenvalue weighted by Gasteiger charge is 2.23. The molecule has 5 nitrogen and oxygen atoms in total. The molecule has 0 saturated heterocycles. The molecule has 1 aromatic rings. The molecule has 5 N–H and O–H groups in total. The van der Waals surface area contributed by atoms with Crippen LogP contribution in [0.2, 0.25) is 0 Å². The van der Waals surface area contributed by atoms with Gasteiger partial charge in [-0.3, -0.25) is 14.9 Å². The number of nitrogens with one attached hydrogen (secondary N) is 1. The van der Waals surface area contributed by atoms with Crippen LogP contribution in [0.5, 0.6) is 0 Å². The lowest BCUT2D eigenvalue weighted by atomic mass is 10.0. The average Bonchev–Trinajstić information content (AvgIpc) is 2.27. The number of rotatable bonds is 5. The molecule has 17 heavy (non-hydrogen) atoms. The normalized spacial score (nSPS) is 11.2. The van der Waals surface area contributed by atoms with E-state index in [9.17, 15) is 9.59 Å². The van der Waals surface area contributed by atoms with Gasteiger partial charge in [-0.2, -0.15) is 0 Å². The van der Waals surface area contributed by atoms with Crippen molar-refractivity contribution >= 4 is 11.8 Å². The summed E-state index contributed by atoms with van der Waals surface area (Å²) in [6, 6.07) is 6.86. The SMILES string of the molecule is CC(C)(NCc1ccc(C(N)=O)cc1)C(N)=O. The number of primary amides is 2. The molecule has 0 aliphatic carbocycles. The Morgan fingerprint density at radius 2 is 1.71 bits per heavy atom. The van der Waals surface area contributed by atoms with Crippen LogP contribution in [0, 0.1) is 0 Å². The average molecular weight is 235 g/mol. The molecule has 0 spiro atoms. The van der Waals surface area contributed by atoms with Crippen molar-refractivity contribution in [1.29, 1.82) is 0 Å². The van der Waals surface area contributed by atoms with Crippen molar-refractivity contribution in [2.75, 3.05) is 0 Å². The molecule has 2 amide bonds. The number of nitrogens with two attached hydrogens (primary N) is 2. The Bertz CT molecular complexity index is 424. The minimum Gasteiger partial charge on any atom is -0.368 e. The van der Waals surface area contributed by atoms with Crippen molar-refractivity contribution in [3.8, 4) is 0 Å². The number of hydrogen-bond donors (Lipinski definition) is 3. The van der Waals surface area contributed by atoms with Crippen molar-refractivity contribution in [1.82, 2.24) is 5.32 Å². The quantitative estimate of drug-likeness (QED) is 0.677. The molecule has 0 heterocycles. The van der Waals surface area contributed by atoms with Gasteiger partial charge in [-0.1, -0.05) is 12.1 Å². The number of benzene rings is 1. The van der Waals surface area contributed by atoms with Crippen LogP contribution in [0.3, 0.4) is 0 Å². The van der Waals surface area contributed by atoms with Crippen LogP contribution in [-0.2, 0) is 11.3 Å². The lowest BCUT2D eigenvalue weighted by molar-refractivity contribution is -0.123. The fourth-order valence-electron chi connectivity index (χ4n) is 1.20. The van der Waals surface area contributed by atoms with E-state index in [-0.39, 0.29) is 0 Å². The third-order valence-electron chi connectivity index (χ3n) is 2.59. The summed E-state index contributed by atoms with van der Waals surface area (Å²) in [5, 5.41) is 3.03. The fraction of sp³-hybridized carbons (Fsp3) is 0.333. The molecule has 1 rings (SSSR count). The summed E-state index contributed by atoms with van der Waals surface area (Å²) < 4.78 is 0. The Labute approximate surface area is 100 Å². The number of carbonyl (C=O) groups excluding carboxylic acids is 2. The van der Waals surface area contributed by atoms with Crippen LogP contribution in [0.1, 0.15) is 29.8 Å². The number of amides is 2. The molecule has 0 atom stereocenters. The molecular formula is C12H17N3O2. The van der Waals surface area contributed by atoms with Crippen LogP contribution in [0.25, 0.3) is 0 Å². The van der Waals surface area contributed by atoms with Gasteiger partial charge in [0.2, 0.25) is 11.8 Å². The van der Waals surface area contributed by atoms with E-state index in [4.69, 9.17) is 11.5 Å². The fourth-order valence-corrected chi connectivity index (χ4v) is 1.20. The van der Waals surface area contributed by atoms with E-state index in [1.165, 1.54) is 0 Å². The molecule has 0 bridgehead atoms. The summed E-state index contributed by atoms with van der Waals surface area (Å²) >= 11 is 0. The van der Waals surface area contributed by atoms with Crippen molar-refractivity contribution in [3.63, 3.8) is 0 Å². The van der Waals surface area contributed by atoms with Gasteiger partial charge >= 0.3 is 0 Å². The predicted octanol–water partition coefficient (Wildman–Crippen LogP) is 0.139. The Morgan fingerprint density at radius 1 is 1.18 bits per heavy atom. The number of hydrogen-bond acceptors (Lipinski definition) is 3. The lowest BCUT2D eigenvalue weighted by Crippen LogP contribution is -2.50. The monoisotopic (exact) mass is 235 g/mol. The highest BCUT2D eigenvalue weighted by molar-refractivity contribution is 5.92. The van der Waals surface area contributed by atoms with E-state index in [0.717, 1.165) is 5.56 Å². The summed E-state index contributed by atoms with van der Waals surface area (Å²) in [5.74, 6) is -0.867. The van der Waals surface area contributed by atoms with Crippen LogP contribution in [-0.4, -0.2) is 17.4 Å². The Hall–Kier alpha value is -1.88. The van der Waals surface area contributed by atoms with Crippen LogP contribution < -0.4 is 16.8 Å². The van der Waals surface area contributed by atoms with Gasteiger partial charge in [-0.05, 0) is 31.5 Å². The first kappa shape index (κ1) is 13.2. The Balaban J connectivity index is 2.65. The van der Waals surface area contributed by atoms with E-state index in [0.29, 0.717) is 12.1 Å². The molecule has 0 fully saturated rings. The third kappa shape index (κ3) is 3.57. The smallest absolute Gasteiger partial charge is 0.248 e. The van der Waals surface area contributed by atoms with Gasteiger partial charge in [-0.25, -0.2) is 0 Å². The first-order valence-electron chi connectivity index (χ1n) is 5.26. The van der Waals surface area contributed by atoms with Crippen molar-refractivity contribution in [3.05, 3.63) is 35.4 Å². The van der Waals surface area contributed by atoms with Gasteiger partial charge in [0.15, 0.2) is 0 Å². The zero-order valence-corrected chi connectivity index (χ0v) is 9.99. The maximum atomic E-state index is 11.1. The van der Waals surface area contributed by atoms with Crippen LogP contribution in [0.15, 0.2) is 24.3 Å². The van der Waals surface area contributed by atoms with E-state index < -0.39 is 17.4 Å². The van der Waals surface area contributed by atoms with Crippen molar-refractivity contribution in [2.45, 2.75) is 25.9 Å². The van der Waals surface area contributed by atoms with Crippen molar-refractivity contribution in [2.24, 2.45) is 11.5 Å². The lowest BCUT2D eigenvalue weighted by Gasteiger charge is -2.22. The summed E-state index contributed by atoms with van der Waals surface area (Å²) in [4.78, 5) is 21.9. The summed E-state index contributed by atoms with van der Waals surface area (Å²) in [6.45, 7) is 3.93. The molecule has 0 radical (unpaired) electrons. The van der Waals surface area contributed by atoms with E-state index in [1.54, 1.807) is 38.1 Å². The molecule has 0 saturated carbocycles. The zero-order valence-electron chi connectivity index (χ0n) is 9.99. The van der Waals surface area contributed by atoms with E-state index in [1.807, 2.05) is 0 Å². The van der Waals surface area contributed by atoms with Gasteiger partial charge < -0.3 is 11.5 Å². The second kappa shape index (κ2) is 4.97. The van der Waals surface area contributed by atoms with E-state index in [2.05, 4.69) is 5.32 Å². The second-order valence-electron chi connectivity index (χ2n) is 4.40. The molecule has 0 aromatic heterocycles. The Morgan fingerprint density at radius 3 is 2.12 bits per heavy atom. The first-order chi connectivity index (χ1) is 7.83. The van der Waals surface area contributed by atoms with Gasteiger partial charge in [0.1, 0.15) is 0 Å². The standard InChI is InChI=1S/C12H17N3O2/c1-12(2,11(14)17)15-7-8-3-5-9(6-4-8)10(13)16/h3-6,15H,7H2,1-2H3,(H2,13,16)(H2,14,17). The van der Waals surface area contributed by atoms with Crippen LogP contribution in [0.4, 0.5) is 0 Å². The van der Waals surface area contributed by atoms with Gasteiger partial charge in [-0.15, -0.1) is 0 Å². The van der Waals surface area contributed by atoms with Crippen molar-refractivity contribution < 1.29 is 9.59 Å². The maximum absolute atomic E-state index is 11.1. The second-order valence-corrected chi connectivity index (χ2v) is 4.40. The van der Waals surface area contributed by atoms with Crippen LogP contribution >= 0.6 is 0 Å².